The van der Waals surface area contributed by atoms with E-state index in [4.69, 9.17) is 10.9 Å². The van der Waals surface area contributed by atoms with Crippen molar-refractivity contribution in [1.29, 1.82) is 0 Å². The monoisotopic (exact) mass is 281 g/mol. The Hall–Kier alpha value is -1.93. The van der Waals surface area contributed by atoms with E-state index in [1.54, 1.807) is 0 Å². The number of benzene rings is 1. The number of sulfonamides is 1. The first kappa shape index (κ1) is 13.5. The first-order valence-electron chi connectivity index (χ1n) is 5.72. The van der Waals surface area contributed by atoms with E-state index in [9.17, 15) is 8.42 Å². The van der Waals surface area contributed by atoms with Crippen LogP contribution in [0, 0.1) is 0 Å². The molecule has 0 fully saturated rings. The first-order chi connectivity index (χ1) is 8.96. The summed E-state index contributed by atoms with van der Waals surface area (Å²) in [7, 11) is -3.43. The second-order valence-electron chi connectivity index (χ2n) is 4.09. The van der Waals surface area contributed by atoms with Crippen LogP contribution in [0.4, 0.5) is 11.6 Å². The second-order valence-corrected chi connectivity index (χ2v) is 5.83. The summed E-state index contributed by atoms with van der Waals surface area (Å²) in [4.78, 5) is 8.54. The Morgan fingerprint density at radius 1 is 1.16 bits per heavy atom. The number of aromatic nitrogens is 2. The molecule has 0 aliphatic rings. The quantitative estimate of drug-likeness (QED) is 0.677. The average Bonchev–Trinajstić information content (AvgIpc) is 2.33. The Labute approximate surface area is 111 Å². The summed E-state index contributed by atoms with van der Waals surface area (Å²) in [6.07, 6.45) is 0.382. The van der Waals surface area contributed by atoms with Crippen LogP contribution in [0.3, 0.4) is 0 Å². The number of nitrogens with one attached hydrogen (secondary N) is 1. The van der Waals surface area contributed by atoms with Gasteiger partial charge in [-0.1, -0.05) is 12.1 Å². The van der Waals surface area contributed by atoms with Gasteiger partial charge < -0.3 is 11.1 Å². The summed E-state index contributed by atoms with van der Waals surface area (Å²) in [5.74, 6) is 0.656. The van der Waals surface area contributed by atoms with E-state index in [0.717, 1.165) is 11.0 Å². The average molecular weight is 281 g/mol. The summed E-state index contributed by atoms with van der Waals surface area (Å²) in [6.45, 7) is 0.410. The Morgan fingerprint density at radius 2 is 1.79 bits per heavy atom. The number of nitrogens with two attached hydrogens (primary N) is 2. The molecule has 1 aromatic heterocycles. The minimum absolute atomic E-state index is 0.0824. The summed E-state index contributed by atoms with van der Waals surface area (Å²) in [5.41, 5.74) is 7.22. The zero-order chi connectivity index (χ0) is 13.9. The lowest BCUT2D eigenvalue weighted by atomic mass is 10.3. The maximum absolute atomic E-state index is 10.8. The number of primary sulfonamides is 1. The zero-order valence-corrected chi connectivity index (χ0v) is 11.0. The number of hydrogen-bond donors (Lipinski definition) is 3. The molecule has 0 amide bonds. The van der Waals surface area contributed by atoms with E-state index in [0.29, 0.717) is 18.8 Å². The molecule has 5 N–H and O–H groups in total. The van der Waals surface area contributed by atoms with Gasteiger partial charge in [0.25, 0.3) is 0 Å². The topological polar surface area (TPSA) is 124 Å². The SMILES string of the molecule is Nc1nc2ccccc2nc1NCCCS(N)(=O)=O. The summed E-state index contributed by atoms with van der Waals surface area (Å²) in [6, 6.07) is 7.37. The highest BCUT2D eigenvalue weighted by Gasteiger charge is 2.06. The zero-order valence-electron chi connectivity index (χ0n) is 10.2. The summed E-state index contributed by atoms with van der Waals surface area (Å²) in [5, 5.41) is 7.87. The molecular formula is C11H15N5O2S. The molecule has 0 bridgehead atoms. The van der Waals surface area contributed by atoms with E-state index >= 15 is 0 Å². The lowest BCUT2D eigenvalue weighted by Gasteiger charge is -2.08. The molecular weight excluding hydrogens is 266 g/mol. The fourth-order valence-electron chi connectivity index (χ4n) is 1.62. The van der Waals surface area contributed by atoms with E-state index in [2.05, 4.69) is 15.3 Å². The van der Waals surface area contributed by atoms with Crippen molar-refractivity contribution in [3.05, 3.63) is 24.3 Å². The number of rotatable bonds is 5. The number of nitrogens with zero attached hydrogens (tertiary/aromatic N) is 2. The van der Waals surface area contributed by atoms with E-state index in [1.807, 2.05) is 24.3 Å². The number of anilines is 2. The van der Waals surface area contributed by atoms with Gasteiger partial charge in [0.05, 0.1) is 16.8 Å². The number of para-hydroxylation sites is 2. The molecule has 0 unspecified atom stereocenters. The highest BCUT2D eigenvalue weighted by molar-refractivity contribution is 7.89. The van der Waals surface area contributed by atoms with Gasteiger partial charge in [-0.15, -0.1) is 0 Å². The van der Waals surface area contributed by atoms with Crippen molar-refractivity contribution in [1.82, 2.24) is 9.97 Å². The standard InChI is InChI=1S/C11H15N5O2S/c12-10-11(14-6-3-7-19(13,17)18)16-9-5-2-1-4-8(9)15-10/h1-2,4-5H,3,6-7H2,(H2,12,15)(H,14,16)(H2,13,17,18). The normalized spacial score (nSPS) is 11.6. The molecule has 1 aromatic carbocycles. The van der Waals surface area contributed by atoms with Crippen molar-refractivity contribution in [3.8, 4) is 0 Å². The van der Waals surface area contributed by atoms with E-state index in [-0.39, 0.29) is 11.6 Å². The van der Waals surface area contributed by atoms with Gasteiger partial charge in [0.2, 0.25) is 10.0 Å². The van der Waals surface area contributed by atoms with Gasteiger partial charge in [0, 0.05) is 6.54 Å². The Kier molecular flexibility index (Phi) is 3.82. The van der Waals surface area contributed by atoms with Crippen LogP contribution in [-0.2, 0) is 10.0 Å². The first-order valence-corrected chi connectivity index (χ1v) is 7.44. The maximum atomic E-state index is 10.8. The fraction of sp³-hybridized carbons (Fsp3) is 0.273. The highest BCUT2D eigenvalue weighted by Crippen LogP contribution is 2.18. The molecule has 7 nitrogen and oxygen atoms in total. The molecule has 0 spiro atoms. The molecule has 19 heavy (non-hydrogen) atoms. The highest BCUT2D eigenvalue weighted by atomic mass is 32.2. The van der Waals surface area contributed by atoms with Crippen molar-refractivity contribution in [3.63, 3.8) is 0 Å². The molecule has 0 saturated heterocycles. The van der Waals surface area contributed by atoms with Crippen molar-refractivity contribution in [2.24, 2.45) is 5.14 Å². The van der Waals surface area contributed by atoms with Crippen LogP contribution in [0.2, 0.25) is 0 Å². The minimum atomic E-state index is -3.43. The smallest absolute Gasteiger partial charge is 0.209 e. The lowest BCUT2D eigenvalue weighted by molar-refractivity contribution is 0.596. The lowest BCUT2D eigenvalue weighted by Crippen LogP contribution is -2.19. The van der Waals surface area contributed by atoms with Gasteiger partial charge in [0.1, 0.15) is 0 Å². The van der Waals surface area contributed by atoms with Crippen LogP contribution in [0.5, 0.6) is 0 Å². The van der Waals surface area contributed by atoms with Crippen LogP contribution < -0.4 is 16.2 Å². The molecule has 0 aliphatic heterocycles. The Balaban J connectivity index is 2.06. The van der Waals surface area contributed by atoms with Crippen LogP contribution >= 0.6 is 0 Å². The Bertz CT molecular complexity index is 687. The number of fused-ring (bicyclic) bond motifs is 1. The van der Waals surface area contributed by atoms with Crippen LogP contribution in [-0.4, -0.2) is 30.7 Å². The largest absolute Gasteiger partial charge is 0.381 e. The van der Waals surface area contributed by atoms with E-state index < -0.39 is 10.0 Å². The molecule has 102 valence electrons. The molecule has 0 saturated carbocycles. The number of hydrogen-bond acceptors (Lipinski definition) is 6. The summed E-state index contributed by atoms with van der Waals surface area (Å²) >= 11 is 0. The summed E-state index contributed by atoms with van der Waals surface area (Å²) < 4.78 is 21.6. The van der Waals surface area contributed by atoms with Gasteiger partial charge in [0.15, 0.2) is 11.6 Å². The predicted octanol–water partition coefficient (Wildman–Crippen LogP) is 0.302. The van der Waals surface area contributed by atoms with Gasteiger partial charge in [-0.25, -0.2) is 23.5 Å². The van der Waals surface area contributed by atoms with Gasteiger partial charge in [-0.05, 0) is 18.6 Å². The van der Waals surface area contributed by atoms with Crippen LogP contribution in [0.25, 0.3) is 11.0 Å². The molecule has 8 heteroatoms. The van der Waals surface area contributed by atoms with E-state index in [1.165, 1.54) is 0 Å². The second kappa shape index (κ2) is 5.37. The number of nitrogen functional groups attached to an aromatic ring is 1. The molecule has 2 rings (SSSR count). The van der Waals surface area contributed by atoms with Crippen LogP contribution in [0.15, 0.2) is 24.3 Å². The molecule has 1 heterocycles. The van der Waals surface area contributed by atoms with Crippen molar-refractivity contribution >= 4 is 32.7 Å². The molecule has 2 aromatic rings. The fourth-order valence-corrected chi connectivity index (χ4v) is 2.17. The predicted molar refractivity (Wildman–Crippen MR) is 75.0 cm³/mol. The molecule has 0 atom stereocenters. The third kappa shape index (κ3) is 3.76. The van der Waals surface area contributed by atoms with Crippen molar-refractivity contribution < 1.29 is 8.42 Å². The maximum Gasteiger partial charge on any atom is 0.209 e. The third-order valence-corrected chi connectivity index (χ3v) is 3.35. The van der Waals surface area contributed by atoms with Gasteiger partial charge in [-0.2, -0.15) is 0 Å². The minimum Gasteiger partial charge on any atom is -0.381 e. The molecule has 0 radical (unpaired) electrons. The third-order valence-electron chi connectivity index (χ3n) is 2.50. The van der Waals surface area contributed by atoms with Crippen molar-refractivity contribution in [2.75, 3.05) is 23.3 Å². The van der Waals surface area contributed by atoms with Gasteiger partial charge in [-0.3, -0.25) is 0 Å². The van der Waals surface area contributed by atoms with Crippen LogP contribution in [0.1, 0.15) is 6.42 Å². The van der Waals surface area contributed by atoms with Gasteiger partial charge >= 0.3 is 0 Å². The Morgan fingerprint density at radius 3 is 2.42 bits per heavy atom. The molecule has 0 aliphatic carbocycles. The van der Waals surface area contributed by atoms with Crippen molar-refractivity contribution in [2.45, 2.75) is 6.42 Å².